The molecule has 1 fully saturated rings. The molecule has 154 valence electrons. The van der Waals surface area contributed by atoms with Gasteiger partial charge in [0.15, 0.2) is 5.96 Å². The lowest BCUT2D eigenvalue weighted by atomic mass is 9.99. The van der Waals surface area contributed by atoms with E-state index in [0.29, 0.717) is 11.8 Å². The van der Waals surface area contributed by atoms with Crippen LogP contribution in [0.5, 0.6) is 0 Å². The van der Waals surface area contributed by atoms with E-state index in [0.717, 1.165) is 44.3 Å². The summed E-state index contributed by atoms with van der Waals surface area (Å²) in [5.41, 5.74) is 3.75. The highest BCUT2D eigenvalue weighted by Gasteiger charge is 2.25. The molecule has 1 N–H and O–H groups in total. The largest absolute Gasteiger partial charge is 0.356 e. The van der Waals surface area contributed by atoms with Crippen LogP contribution >= 0.6 is 24.0 Å². The molecule has 0 spiro atoms. The van der Waals surface area contributed by atoms with Crippen molar-refractivity contribution in [1.82, 2.24) is 20.0 Å². The van der Waals surface area contributed by atoms with Crippen LogP contribution in [0.3, 0.4) is 0 Å². The molecule has 2 aromatic rings. The first-order chi connectivity index (χ1) is 13.0. The first kappa shape index (κ1) is 22.7. The molecule has 5 nitrogen and oxygen atoms in total. The molecule has 0 saturated carbocycles. The van der Waals surface area contributed by atoms with Gasteiger partial charge in [0, 0.05) is 38.9 Å². The van der Waals surface area contributed by atoms with Crippen LogP contribution in [0.15, 0.2) is 41.4 Å². The van der Waals surface area contributed by atoms with Crippen molar-refractivity contribution in [2.75, 3.05) is 26.7 Å². The molecule has 6 heteroatoms. The number of nitrogens with one attached hydrogen (secondary N) is 1. The van der Waals surface area contributed by atoms with E-state index in [9.17, 15) is 0 Å². The minimum atomic E-state index is 0. The molecule has 1 aromatic heterocycles. The van der Waals surface area contributed by atoms with Crippen LogP contribution in [-0.2, 0) is 13.0 Å². The van der Waals surface area contributed by atoms with Crippen molar-refractivity contribution >= 4 is 29.9 Å². The van der Waals surface area contributed by atoms with Gasteiger partial charge in [-0.05, 0) is 50.2 Å². The molecule has 2 atom stereocenters. The van der Waals surface area contributed by atoms with Crippen LogP contribution in [-0.4, -0.2) is 47.3 Å². The topological polar surface area (TPSA) is 45.5 Å². The molecule has 0 radical (unpaired) electrons. The van der Waals surface area contributed by atoms with E-state index in [2.05, 4.69) is 75.2 Å². The van der Waals surface area contributed by atoms with Crippen molar-refractivity contribution in [2.24, 2.45) is 16.8 Å². The van der Waals surface area contributed by atoms with E-state index in [1.165, 1.54) is 17.7 Å². The molecule has 28 heavy (non-hydrogen) atoms. The molecule has 1 aromatic carbocycles. The molecule has 1 aliphatic heterocycles. The number of hydrogen-bond donors (Lipinski definition) is 1. The highest BCUT2D eigenvalue weighted by Crippen LogP contribution is 2.21. The lowest BCUT2D eigenvalue weighted by Crippen LogP contribution is -2.42. The predicted octanol–water partition coefficient (Wildman–Crippen LogP) is 3.89. The summed E-state index contributed by atoms with van der Waals surface area (Å²) in [7, 11) is 1.89. The fraction of sp³-hybridized carbons (Fsp3) is 0.545. The number of hydrogen-bond acceptors (Lipinski definition) is 2. The Labute approximate surface area is 186 Å². The lowest BCUT2D eigenvalue weighted by molar-refractivity contribution is 0.416. The van der Waals surface area contributed by atoms with Gasteiger partial charge in [0.1, 0.15) is 0 Å². The maximum atomic E-state index is 4.57. The summed E-state index contributed by atoms with van der Waals surface area (Å²) in [6, 6.07) is 13.0. The number of aromatic nitrogens is 2. The monoisotopic (exact) mass is 495 g/mol. The standard InChI is InChI=1S/C22H33N5.HI/c1-17(15-27-19(3)12-18(2)25-27)14-24-22(23-4)26-11-10-21(16-26)13-20-8-6-5-7-9-20;/h5-9,12,17,21H,10-11,13-16H2,1-4H3,(H,23,24);1H. The maximum absolute atomic E-state index is 4.57. The third-order valence-corrected chi connectivity index (χ3v) is 5.36. The second kappa shape index (κ2) is 10.8. The zero-order valence-electron chi connectivity index (χ0n) is 17.6. The third kappa shape index (κ3) is 6.22. The number of likely N-dealkylation sites (tertiary alicyclic amines) is 1. The number of nitrogens with zero attached hydrogens (tertiary/aromatic N) is 4. The van der Waals surface area contributed by atoms with Crippen LogP contribution in [0, 0.1) is 25.7 Å². The maximum Gasteiger partial charge on any atom is 0.193 e. The van der Waals surface area contributed by atoms with Crippen LogP contribution in [0.2, 0.25) is 0 Å². The quantitative estimate of drug-likeness (QED) is 0.376. The molecule has 1 aliphatic rings. The van der Waals surface area contributed by atoms with Gasteiger partial charge in [0.05, 0.1) is 5.69 Å². The third-order valence-electron chi connectivity index (χ3n) is 5.36. The molecule has 1 saturated heterocycles. The van der Waals surface area contributed by atoms with Gasteiger partial charge in [-0.1, -0.05) is 37.3 Å². The van der Waals surface area contributed by atoms with Gasteiger partial charge in [0.2, 0.25) is 0 Å². The van der Waals surface area contributed by atoms with E-state index in [4.69, 9.17) is 0 Å². The summed E-state index contributed by atoms with van der Waals surface area (Å²) < 4.78 is 2.11. The second-order valence-electron chi connectivity index (χ2n) is 7.93. The molecule has 0 aliphatic carbocycles. The van der Waals surface area contributed by atoms with Crippen molar-refractivity contribution in [3.63, 3.8) is 0 Å². The number of aliphatic imine (C=N–C) groups is 1. The minimum Gasteiger partial charge on any atom is -0.356 e. The SMILES string of the molecule is CN=C(NCC(C)Cn1nc(C)cc1C)N1CCC(Cc2ccccc2)C1.I. The Morgan fingerprint density at radius 2 is 2.04 bits per heavy atom. The predicted molar refractivity (Wildman–Crippen MR) is 127 cm³/mol. The number of rotatable bonds is 6. The summed E-state index contributed by atoms with van der Waals surface area (Å²) in [5, 5.41) is 8.15. The van der Waals surface area contributed by atoms with Gasteiger partial charge < -0.3 is 10.2 Å². The number of aryl methyl sites for hydroxylation is 2. The molecule has 2 unspecified atom stereocenters. The van der Waals surface area contributed by atoms with Crippen molar-refractivity contribution in [3.05, 3.63) is 53.3 Å². The highest BCUT2D eigenvalue weighted by molar-refractivity contribution is 14.0. The van der Waals surface area contributed by atoms with Crippen LogP contribution in [0.25, 0.3) is 0 Å². The van der Waals surface area contributed by atoms with Gasteiger partial charge >= 0.3 is 0 Å². The van der Waals surface area contributed by atoms with E-state index in [-0.39, 0.29) is 24.0 Å². The fourth-order valence-electron chi connectivity index (χ4n) is 3.96. The number of benzene rings is 1. The van der Waals surface area contributed by atoms with Crippen molar-refractivity contribution in [2.45, 2.75) is 40.2 Å². The van der Waals surface area contributed by atoms with E-state index >= 15 is 0 Å². The van der Waals surface area contributed by atoms with Gasteiger partial charge in [-0.3, -0.25) is 9.67 Å². The van der Waals surface area contributed by atoms with Crippen LogP contribution < -0.4 is 5.32 Å². The smallest absolute Gasteiger partial charge is 0.193 e. The van der Waals surface area contributed by atoms with Crippen LogP contribution in [0.4, 0.5) is 0 Å². The molecule has 2 heterocycles. The van der Waals surface area contributed by atoms with E-state index in [1.54, 1.807) is 0 Å². The van der Waals surface area contributed by atoms with Crippen molar-refractivity contribution in [1.29, 1.82) is 0 Å². The summed E-state index contributed by atoms with van der Waals surface area (Å²) in [6.45, 7) is 10.4. The second-order valence-corrected chi connectivity index (χ2v) is 7.93. The highest BCUT2D eigenvalue weighted by atomic mass is 127. The first-order valence-corrected chi connectivity index (χ1v) is 10.1. The van der Waals surface area contributed by atoms with E-state index < -0.39 is 0 Å². The normalized spacial score (nSPS) is 18.1. The number of halogens is 1. The Balaban J connectivity index is 0.00000280. The molecule has 0 bridgehead atoms. The summed E-state index contributed by atoms with van der Waals surface area (Å²) in [6.07, 6.45) is 2.39. The van der Waals surface area contributed by atoms with Gasteiger partial charge in [-0.2, -0.15) is 5.10 Å². The van der Waals surface area contributed by atoms with Crippen molar-refractivity contribution in [3.8, 4) is 0 Å². The van der Waals surface area contributed by atoms with Gasteiger partial charge in [-0.15, -0.1) is 24.0 Å². The summed E-state index contributed by atoms with van der Waals surface area (Å²) >= 11 is 0. The summed E-state index contributed by atoms with van der Waals surface area (Å²) in [4.78, 5) is 6.93. The zero-order valence-corrected chi connectivity index (χ0v) is 19.9. The molecule has 3 rings (SSSR count). The van der Waals surface area contributed by atoms with Gasteiger partial charge in [-0.25, -0.2) is 0 Å². The lowest BCUT2D eigenvalue weighted by Gasteiger charge is -2.23. The Morgan fingerprint density at radius 1 is 1.29 bits per heavy atom. The Hall–Kier alpha value is -1.57. The zero-order chi connectivity index (χ0) is 19.2. The Kier molecular flexibility index (Phi) is 8.79. The molecular formula is C22H34IN5. The van der Waals surface area contributed by atoms with Crippen LogP contribution in [0.1, 0.15) is 30.3 Å². The minimum absolute atomic E-state index is 0. The van der Waals surface area contributed by atoms with Gasteiger partial charge in [0.25, 0.3) is 0 Å². The average molecular weight is 495 g/mol. The van der Waals surface area contributed by atoms with E-state index in [1.807, 2.05) is 14.0 Å². The average Bonchev–Trinajstić information content (AvgIpc) is 3.23. The molecular weight excluding hydrogens is 461 g/mol. The first-order valence-electron chi connectivity index (χ1n) is 10.1. The Bertz CT molecular complexity index is 756. The van der Waals surface area contributed by atoms with Crippen molar-refractivity contribution < 1.29 is 0 Å². The molecule has 0 amide bonds. The number of guanidine groups is 1. The summed E-state index contributed by atoms with van der Waals surface area (Å²) in [5.74, 6) is 2.23. The Morgan fingerprint density at radius 3 is 2.68 bits per heavy atom. The fourth-order valence-corrected chi connectivity index (χ4v) is 3.96.